The standard InChI is InChI=1S/C20H21NO6/c1-12-5-6-13(9-16(12)25-2)7-8-19(22)21-15-11-18(27-4)17(26-3)10-14(15)20(23)24/h5-11H,1-4H3,(H,21,22)(H,23,24)/b8-7+. The summed E-state index contributed by atoms with van der Waals surface area (Å²) in [5.74, 6) is -0.395. The number of anilines is 1. The number of methoxy groups -OCH3 is 3. The lowest BCUT2D eigenvalue weighted by atomic mass is 10.1. The van der Waals surface area contributed by atoms with Gasteiger partial charge in [0, 0.05) is 18.2 Å². The molecule has 0 bridgehead atoms. The van der Waals surface area contributed by atoms with Crippen LogP contribution < -0.4 is 19.5 Å². The Morgan fingerprint density at radius 3 is 2.19 bits per heavy atom. The summed E-state index contributed by atoms with van der Waals surface area (Å²) in [6.45, 7) is 1.92. The van der Waals surface area contributed by atoms with E-state index in [9.17, 15) is 14.7 Å². The Kier molecular flexibility index (Phi) is 6.43. The van der Waals surface area contributed by atoms with Crippen LogP contribution in [0.2, 0.25) is 0 Å². The molecule has 0 aliphatic rings. The van der Waals surface area contributed by atoms with Crippen molar-refractivity contribution in [3.63, 3.8) is 0 Å². The van der Waals surface area contributed by atoms with Crippen molar-refractivity contribution in [1.82, 2.24) is 0 Å². The van der Waals surface area contributed by atoms with Crippen LogP contribution in [0.3, 0.4) is 0 Å². The van der Waals surface area contributed by atoms with Gasteiger partial charge in [-0.15, -0.1) is 0 Å². The number of carbonyl (C=O) groups excluding carboxylic acids is 1. The molecule has 2 aromatic carbocycles. The van der Waals surface area contributed by atoms with Crippen LogP contribution in [0.1, 0.15) is 21.5 Å². The second kappa shape index (κ2) is 8.75. The summed E-state index contributed by atoms with van der Waals surface area (Å²) in [6, 6.07) is 8.24. The average Bonchev–Trinajstić information content (AvgIpc) is 2.66. The number of amides is 1. The molecule has 0 radical (unpaired) electrons. The zero-order chi connectivity index (χ0) is 20.0. The fraction of sp³-hybridized carbons (Fsp3) is 0.200. The number of hydrogen-bond donors (Lipinski definition) is 2. The predicted octanol–water partition coefficient (Wildman–Crippen LogP) is 3.37. The highest BCUT2D eigenvalue weighted by Gasteiger charge is 2.17. The van der Waals surface area contributed by atoms with Gasteiger partial charge in [0.25, 0.3) is 0 Å². The van der Waals surface area contributed by atoms with Gasteiger partial charge in [0.15, 0.2) is 11.5 Å². The molecule has 1 amide bonds. The minimum atomic E-state index is -1.20. The Bertz CT molecular complexity index is 888. The molecule has 27 heavy (non-hydrogen) atoms. The molecule has 0 unspecified atom stereocenters. The van der Waals surface area contributed by atoms with Crippen molar-refractivity contribution in [2.24, 2.45) is 0 Å². The van der Waals surface area contributed by atoms with E-state index in [0.29, 0.717) is 11.5 Å². The molecule has 0 atom stereocenters. The zero-order valence-electron chi connectivity index (χ0n) is 15.5. The SMILES string of the molecule is COc1cc(/C=C/C(=O)Nc2cc(OC)c(OC)cc2C(=O)O)ccc1C. The summed E-state index contributed by atoms with van der Waals surface area (Å²) < 4.78 is 15.5. The van der Waals surface area contributed by atoms with E-state index < -0.39 is 11.9 Å². The maximum atomic E-state index is 12.2. The number of benzene rings is 2. The lowest BCUT2D eigenvalue weighted by Crippen LogP contribution is -2.12. The maximum absolute atomic E-state index is 12.2. The second-order valence-electron chi connectivity index (χ2n) is 5.61. The van der Waals surface area contributed by atoms with Gasteiger partial charge in [-0.05, 0) is 30.2 Å². The molecular weight excluding hydrogens is 350 g/mol. The summed E-state index contributed by atoms with van der Waals surface area (Å²) in [5, 5.41) is 11.9. The van der Waals surface area contributed by atoms with Crippen LogP contribution in [-0.2, 0) is 4.79 Å². The van der Waals surface area contributed by atoms with Crippen LogP contribution in [0.25, 0.3) is 6.08 Å². The number of ether oxygens (including phenoxy) is 3. The minimum absolute atomic E-state index is 0.105. The number of carboxylic acids is 1. The van der Waals surface area contributed by atoms with E-state index >= 15 is 0 Å². The molecule has 0 fully saturated rings. The molecule has 2 N–H and O–H groups in total. The first-order valence-electron chi connectivity index (χ1n) is 8.02. The summed E-state index contributed by atoms with van der Waals surface area (Å²) in [4.78, 5) is 23.7. The van der Waals surface area contributed by atoms with E-state index in [1.54, 1.807) is 19.3 Å². The monoisotopic (exact) mass is 371 g/mol. The van der Waals surface area contributed by atoms with Gasteiger partial charge in [-0.25, -0.2) is 4.79 Å². The van der Waals surface area contributed by atoms with Crippen LogP contribution in [0.15, 0.2) is 36.4 Å². The summed E-state index contributed by atoms with van der Waals surface area (Å²) in [5.41, 5.74) is 1.76. The molecule has 0 aliphatic heterocycles. The van der Waals surface area contributed by atoms with E-state index in [1.807, 2.05) is 19.1 Å². The van der Waals surface area contributed by atoms with Crippen LogP contribution >= 0.6 is 0 Å². The summed E-state index contributed by atoms with van der Waals surface area (Å²) in [6.07, 6.45) is 2.92. The molecule has 0 saturated carbocycles. The van der Waals surface area contributed by atoms with Crippen molar-refractivity contribution >= 4 is 23.6 Å². The van der Waals surface area contributed by atoms with Gasteiger partial charge in [-0.1, -0.05) is 12.1 Å². The highest BCUT2D eigenvalue weighted by molar-refractivity contribution is 6.06. The third-order valence-electron chi connectivity index (χ3n) is 3.87. The molecule has 7 heteroatoms. The van der Waals surface area contributed by atoms with Gasteiger partial charge in [0.05, 0.1) is 32.6 Å². The third kappa shape index (κ3) is 4.78. The van der Waals surface area contributed by atoms with Crippen molar-refractivity contribution in [2.45, 2.75) is 6.92 Å². The Hall–Kier alpha value is -3.48. The molecule has 2 rings (SSSR count). The predicted molar refractivity (Wildman–Crippen MR) is 102 cm³/mol. The van der Waals surface area contributed by atoms with Crippen LogP contribution in [0, 0.1) is 6.92 Å². The highest BCUT2D eigenvalue weighted by atomic mass is 16.5. The highest BCUT2D eigenvalue weighted by Crippen LogP contribution is 2.33. The van der Waals surface area contributed by atoms with E-state index in [-0.39, 0.29) is 17.0 Å². The van der Waals surface area contributed by atoms with Gasteiger partial charge in [0.2, 0.25) is 5.91 Å². The molecule has 0 aliphatic carbocycles. The average molecular weight is 371 g/mol. The van der Waals surface area contributed by atoms with Crippen molar-refractivity contribution in [3.8, 4) is 17.2 Å². The smallest absolute Gasteiger partial charge is 0.337 e. The first-order chi connectivity index (χ1) is 12.9. The molecule has 0 saturated heterocycles. The Morgan fingerprint density at radius 1 is 0.963 bits per heavy atom. The molecule has 142 valence electrons. The molecule has 7 nitrogen and oxygen atoms in total. The van der Waals surface area contributed by atoms with Gasteiger partial charge in [0.1, 0.15) is 5.75 Å². The molecule has 0 heterocycles. The molecule has 2 aromatic rings. The topological polar surface area (TPSA) is 94.1 Å². The van der Waals surface area contributed by atoms with Gasteiger partial charge >= 0.3 is 5.97 Å². The second-order valence-corrected chi connectivity index (χ2v) is 5.61. The van der Waals surface area contributed by atoms with E-state index in [2.05, 4.69) is 5.32 Å². The Labute approximate surface area is 157 Å². The normalized spacial score (nSPS) is 10.5. The number of nitrogens with one attached hydrogen (secondary N) is 1. The van der Waals surface area contributed by atoms with Gasteiger partial charge in [-0.2, -0.15) is 0 Å². The fourth-order valence-electron chi connectivity index (χ4n) is 2.45. The third-order valence-corrected chi connectivity index (χ3v) is 3.87. The van der Waals surface area contributed by atoms with Crippen LogP contribution in [0.5, 0.6) is 17.2 Å². The quantitative estimate of drug-likeness (QED) is 0.725. The van der Waals surface area contributed by atoms with Gasteiger partial charge in [-0.3, -0.25) is 4.79 Å². The largest absolute Gasteiger partial charge is 0.496 e. The first kappa shape index (κ1) is 19.8. The Morgan fingerprint density at radius 2 is 1.59 bits per heavy atom. The lowest BCUT2D eigenvalue weighted by Gasteiger charge is -2.13. The van der Waals surface area contributed by atoms with Crippen molar-refractivity contribution in [2.75, 3.05) is 26.6 Å². The Balaban J connectivity index is 2.25. The van der Waals surface area contributed by atoms with Crippen molar-refractivity contribution < 1.29 is 28.9 Å². The number of carboxylic acid groups (broad SMARTS) is 1. The lowest BCUT2D eigenvalue weighted by molar-refractivity contribution is -0.111. The van der Waals surface area contributed by atoms with E-state index in [0.717, 1.165) is 11.1 Å². The molecular formula is C20H21NO6. The zero-order valence-corrected chi connectivity index (χ0v) is 15.5. The van der Waals surface area contributed by atoms with E-state index in [4.69, 9.17) is 14.2 Å². The maximum Gasteiger partial charge on any atom is 0.337 e. The summed E-state index contributed by atoms with van der Waals surface area (Å²) in [7, 11) is 4.40. The van der Waals surface area contributed by atoms with Crippen molar-refractivity contribution in [1.29, 1.82) is 0 Å². The first-order valence-corrected chi connectivity index (χ1v) is 8.02. The number of hydrogen-bond acceptors (Lipinski definition) is 5. The van der Waals surface area contributed by atoms with Crippen molar-refractivity contribution in [3.05, 3.63) is 53.1 Å². The molecule has 0 spiro atoms. The van der Waals surface area contributed by atoms with Gasteiger partial charge < -0.3 is 24.6 Å². The minimum Gasteiger partial charge on any atom is -0.496 e. The number of aryl methyl sites for hydroxylation is 1. The summed E-state index contributed by atoms with van der Waals surface area (Å²) >= 11 is 0. The number of rotatable bonds is 7. The van der Waals surface area contributed by atoms with Crippen LogP contribution in [0.4, 0.5) is 5.69 Å². The molecule has 0 aromatic heterocycles. The number of aromatic carboxylic acids is 1. The fourth-order valence-corrected chi connectivity index (χ4v) is 2.45. The van der Waals surface area contributed by atoms with E-state index in [1.165, 1.54) is 32.4 Å². The number of carbonyl (C=O) groups is 2. The van der Waals surface area contributed by atoms with Crippen LogP contribution in [-0.4, -0.2) is 38.3 Å².